The highest BCUT2D eigenvalue weighted by Crippen LogP contribution is 1.96. The third-order valence-corrected chi connectivity index (χ3v) is 1.30. The van der Waals surface area contributed by atoms with Gasteiger partial charge in [-0.2, -0.15) is 0 Å². The van der Waals surface area contributed by atoms with Crippen LogP contribution in [0, 0.1) is 6.42 Å². The van der Waals surface area contributed by atoms with Crippen LogP contribution in [0.15, 0.2) is 0 Å². The first-order valence-corrected chi connectivity index (χ1v) is 3.73. The van der Waals surface area contributed by atoms with Crippen molar-refractivity contribution in [2.45, 2.75) is 26.2 Å². The van der Waals surface area contributed by atoms with Gasteiger partial charge in [-0.15, -0.1) is 0 Å². The van der Waals surface area contributed by atoms with Crippen molar-refractivity contribution in [1.29, 1.82) is 0 Å². The van der Waals surface area contributed by atoms with Crippen molar-refractivity contribution in [3.63, 3.8) is 0 Å². The minimum Gasteiger partial charge on any atom is -0.309 e. The van der Waals surface area contributed by atoms with Crippen LogP contribution in [-0.2, 0) is 0 Å². The topological polar surface area (TPSA) is 3.24 Å². The van der Waals surface area contributed by atoms with Crippen LogP contribution in [-0.4, -0.2) is 25.5 Å². The SMILES string of the molecule is CC[CH+]CCCN(C)C. The molecule has 0 amide bonds. The Kier molecular flexibility index (Phi) is 5.85. The van der Waals surface area contributed by atoms with E-state index in [0.29, 0.717) is 0 Å². The van der Waals surface area contributed by atoms with Crippen LogP contribution in [0.25, 0.3) is 0 Å². The average Bonchev–Trinajstić information content (AvgIpc) is 1.80. The van der Waals surface area contributed by atoms with Gasteiger partial charge in [-0.05, 0) is 21.0 Å². The van der Waals surface area contributed by atoms with Gasteiger partial charge in [0, 0.05) is 13.0 Å². The van der Waals surface area contributed by atoms with Crippen molar-refractivity contribution in [2.24, 2.45) is 0 Å². The number of nitrogens with zero attached hydrogens (tertiary/aromatic N) is 1. The molecular formula is C8H18N+. The summed E-state index contributed by atoms with van der Waals surface area (Å²) in [4.78, 5) is 2.23. The highest BCUT2D eigenvalue weighted by atomic mass is 15.0. The van der Waals surface area contributed by atoms with Gasteiger partial charge < -0.3 is 4.90 Å². The summed E-state index contributed by atoms with van der Waals surface area (Å²) >= 11 is 0. The summed E-state index contributed by atoms with van der Waals surface area (Å²) in [5, 5.41) is 0. The fourth-order valence-electron chi connectivity index (χ4n) is 0.756. The summed E-state index contributed by atoms with van der Waals surface area (Å²) in [7, 11) is 4.23. The van der Waals surface area contributed by atoms with E-state index in [2.05, 4.69) is 32.3 Å². The van der Waals surface area contributed by atoms with Gasteiger partial charge >= 0.3 is 0 Å². The Hall–Kier alpha value is -0.170. The molecule has 9 heavy (non-hydrogen) atoms. The third kappa shape index (κ3) is 7.83. The maximum atomic E-state index is 2.34. The summed E-state index contributed by atoms with van der Waals surface area (Å²) in [5.41, 5.74) is 0. The van der Waals surface area contributed by atoms with E-state index in [1.54, 1.807) is 0 Å². The first-order valence-electron chi connectivity index (χ1n) is 3.73. The average molecular weight is 128 g/mol. The van der Waals surface area contributed by atoms with Gasteiger partial charge in [-0.3, -0.25) is 0 Å². The van der Waals surface area contributed by atoms with Gasteiger partial charge in [0.25, 0.3) is 0 Å². The van der Waals surface area contributed by atoms with E-state index in [4.69, 9.17) is 0 Å². The quantitative estimate of drug-likeness (QED) is 0.404. The van der Waals surface area contributed by atoms with Crippen LogP contribution in [0.1, 0.15) is 26.2 Å². The molecule has 0 unspecified atom stereocenters. The Morgan fingerprint density at radius 3 is 2.44 bits per heavy atom. The largest absolute Gasteiger partial charge is 0.309 e. The Bertz CT molecular complexity index is 50.5. The number of hydrogen-bond donors (Lipinski definition) is 0. The molecule has 54 valence electrons. The molecule has 0 atom stereocenters. The summed E-state index contributed by atoms with van der Waals surface area (Å²) in [6.45, 7) is 3.41. The van der Waals surface area contributed by atoms with Gasteiger partial charge in [0.15, 0.2) is 0 Å². The van der Waals surface area contributed by atoms with Gasteiger partial charge in [-0.1, -0.05) is 0 Å². The smallest absolute Gasteiger partial charge is 0.0887 e. The van der Waals surface area contributed by atoms with Crippen molar-refractivity contribution in [2.75, 3.05) is 20.6 Å². The highest BCUT2D eigenvalue weighted by molar-refractivity contribution is 4.61. The molecule has 0 bridgehead atoms. The van der Waals surface area contributed by atoms with Gasteiger partial charge in [-0.25, -0.2) is 0 Å². The van der Waals surface area contributed by atoms with Crippen LogP contribution < -0.4 is 0 Å². The molecule has 0 N–H and O–H groups in total. The molecule has 0 spiro atoms. The standard InChI is InChI=1S/C8H18N/c1-4-5-6-7-8-9(2)3/h5H,4,6-8H2,1-3H3/q+1. The maximum absolute atomic E-state index is 2.34. The van der Waals surface area contributed by atoms with Crippen molar-refractivity contribution < 1.29 is 0 Å². The van der Waals surface area contributed by atoms with E-state index in [0.717, 1.165) is 0 Å². The fraction of sp³-hybridized carbons (Fsp3) is 0.875. The highest BCUT2D eigenvalue weighted by Gasteiger charge is 1.94. The van der Waals surface area contributed by atoms with E-state index < -0.39 is 0 Å². The van der Waals surface area contributed by atoms with Gasteiger partial charge in [0.1, 0.15) is 0 Å². The van der Waals surface area contributed by atoms with Crippen molar-refractivity contribution in [3.8, 4) is 0 Å². The van der Waals surface area contributed by atoms with Gasteiger partial charge in [0.05, 0.1) is 19.3 Å². The third-order valence-electron chi connectivity index (χ3n) is 1.30. The monoisotopic (exact) mass is 128 g/mol. The molecule has 0 radical (unpaired) electrons. The van der Waals surface area contributed by atoms with Crippen LogP contribution in [0.2, 0.25) is 0 Å². The van der Waals surface area contributed by atoms with E-state index in [-0.39, 0.29) is 0 Å². The molecule has 0 fully saturated rings. The number of unbranched alkanes of at least 4 members (excludes halogenated alkanes) is 3. The minimum absolute atomic E-state index is 1.22. The zero-order chi connectivity index (χ0) is 7.11. The Morgan fingerprint density at radius 1 is 1.33 bits per heavy atom. The second-order valence-corrected chi connectivity index (χ2v) is 2.64. The normalized spacial score (nSPS) is 10.2. The van der Waals surface area contributed by atoms with Crippen molar-refractivity contribution in [1.82, 2.24) is 4.90 Å². The number of rotatable bonds is 5. The van der Waals surface area contributed by atoms with E-state index >= 15 is 0 Å². The maximum Gasteiger partial charge on any atom is 0.0887 e. The van der Waals surface area contributed by atoms with Crippen LogP contribution in [0.4, 0.5) is 0 Å². The lowest BCUT2D eigenvalue weighted by atomic mass is 10.2. The van der Waals surface area contributed by atoms with E-state index in [9.17, 15) is 0 Å². The van der Waals surface area contributed by atoms with Gasteiger partial charge in [0.2, 0.25) is 0 Å². The molecule has 0 aliphatic carbocycles. The van der Waals surface area contributed by atoms with Crippen molar-refractivity contribution in [3.05, 3.63) is 6.42 Å². The zero-order valence-electron chi connectivity index (χ0n) is 6.85. The molecular weight excluding hydrogens is 110 g/mol. The molecule has 0 heterocycles. The fourth-order valence-corrected chi connectivity index (χ4v) is 0.756. The first kappa shape index (κ1) is 8.83. The predicted molar refractivity (Wildman–Crippen MR) is 42.4 cm³/mol. The number of hydrogen-bond acceptors (Lipinski definition) is 1. The van der Waals surface area contributed by atoms with Crippen LogP contribution >= 0.6 is 0 Å². The Balaban J connectivity index is 2.75. The minimum atomic E-state index is 1.22. The lowest BCUT2D eigenvalue weighted by Gasteiger charge is -2.05. The molecule has 0 aromatic rings. The summed E-state index contributed by atoms with van der Waals surface area (Å²) in [6.07, 6.45) is 6.13. The molecule has 0 saturated carbocycles. The summed E-state index contributed by atoms with van der Waals surface area (Å²) in [6, 6.07) is 0. The lowest BCUT2D eigenvalue weighted by molar-refractivity contribution is 0.399. The second-order valence-electron chi connectivity index (χ2n) is 2.64. The molecule has 0 saturated heterocycles. The van der Waals surface area contributed by atoms with Crippen molar-refractivity contribution >= 4 is 0 Å². The van der Waals surface area contributed by atoms with E-state index in [1.807, 2.05) is 0 Å². The Labute approximate surface area is 59.1 Å². The summed E-state index contributed by atoms with van der Waals surface area (Å²) < 4.78 is 0. The molecule has 0 aliphatic heterocycles. The molecule has 0 aromatic heterocycles. The molecule has 1 heteroatoms. The Morgan fingerprint density at radius 2 is 2.00 bits per heavy atom. The summed E-state index contributed by atoms with van der Waals surface area (Å²) in [5.74, 6) is 0. The molecule has 0 rings (SSSR count). The zero-order valence-corrected chi connectivity index (χ0v) is 6.85. The van der Waals surface area contributed by atoms with Crippen LogP contribution in [0.3, 0.4) is 0 Å². The second kappa shape index (κ2) is 5.96. The van der Waals surface area contributed by atoms with Crippen LogP contribution in [0.5, 0.6) is 0 Å². The lowest BCUT2D eigenvalue weighted by Crippen LogP contribution is -2.12. The molecule has 0 aliphatic rings. The molecule has 0 aromatic carbocycles. The predicted octanol–water partition coefficient (Wildman–Crippen LogP) is 1.94. The molecule has 1 nitrogen and oxygen atoms in total. The first-order chi connectivity index (χ1) is 4.27. The van der Waals surface area contributed by atoms with E-state index in [1.165, 1.54) is 25.8 Å².